The van der Waals surface area contributed by atoms with E-state index < -0.39 is 0 Å². The molecule has 1 fully saturated rings. The van der Waals surface area contributed by atoms with Crippen LogP contribution in [0.1, 0.15) is 13.8 Å². The summed E-state index contributed by atoms with van der Waals surface area (Å²) >= 11 is 4.20. The van der Waals surface area contributed by atoms with E-state index >= 15 is 0 Å². The Bertz CT molecular complexity index is 161. The van der Waals surface area contributed by atoms with Crippen molar-refractivity contribution in [3.63, 3.8) is 0 Å². The van der Waals surface area contributed by atoms with Gasteiger partial charge in [-0.05, 0) is 5.92 Å². The largest absolute Gasteiger partial charge is 0.383 e. The van der Waals surface area contributed by atoms with Crippen LogP contribution in [0.5, 0.6) is 0 Å². The van der Waals surface area contributed by atoms with Gasteiger partial charge in [-0.3, -0.25) is 0 Å². The van der Waals surface area contributed by atoms with E-state index in [4.69, 9.17) is 4.74 Å². The first kappa shape index (κ1) is 13.7. The summed E-state index contributed by atoms with van der Waals surface area (Å²) in [5, 5.41) is 4.42. The van der Waals surface area contributed by atoms with E-state index in [-0.39, 0.29) is 0 Å². The molecule has 0 aromatic carbocycles. The molecule has 1 saturated heterocycles. The van der Waals surface area contributed by atoms with Crippen molar-refractivity contribution < 1.29 is 4.74 Å². The van der Waals surface area contributed by atoms with Gasteiger partial charge in [-0.25, -0.2) is 0 Å². The van der Waals surface area contributed by atoms with Gasteiger partial charge in [-0.15, -0.1) is 0 Å². The van der Waals surface area contributed by atoms with Crippen molar-refractivity contribution >= 4 is 23.5 Å². The van der Waals surface area contributed by atoms with Crippen molar-refractivity contribution in [1.29, 1.82) is 0 Å². The van der Waals surface area contributed by atoms with Crippen LogP contribution < -0.4 is 5.32 Å². The summed E-state index contributed by atoms with van der Waals surface area (Å²) in [4.78, 5) is 0. The van der Waals surface area contributed by atoms with E-state index in [1.54, 1.807) is 7.11 Å². The monoisotopic (exact) mass is 249 g/mol. The van der Waals surface area contributed by atoms with Crippen molar-refractivity contribution in [2.75, 3.05) is 37.5 Å². The van der Waals surface area contributed by atoms with E-state index in [1.165, 1.54) is 17.3 Å². The van der Waals surface area contributed by atoms with Crippen molar-refractivity contribution in [3.8, 4) is 0 Å². The standard InChI is InChI=1S/C11H23NOS2/c1-9(2)11(7-13-3)12-6-10-8-14-4-5-15-10/h9-12H,4-8H2,1-3H3. The van der Waals surface area contributed by atoms with Crippen LogP contribution in [0.3, 0.4) is 0 Å². The van der Waals surface area contributed by atoms with Crippen LogP contribution in [0.4, 0.5) is 0 Å². The first-order chi connectivity index (χ1) is 7.24. The maximum atomic E-state index is 5.23. The van der Waals surface area contributed by atoms with Gasteiger partial charge in [-0.1, -0.05) is 13.8 Å². The van der Waals surface area contributed by atoms with Gasteiger partial charge >= 0.3 is 0 Å². The van der Waals surface area contributed by atoms with E-state index in [1.807, 2.05) is 0 Å². The normalized spacial score (nSPS) is 24.4. The number of methoxy groups -OCH3 is 1. The summed E-state index contributed by atoms with van der Waals surface area (Å²) in [6, 6.07) is 0.502. The second-order valence-electron chi connectivity index (χ2n) is 4.28. The molecule has 1 N–H and O–H groups in total. The zero-order chi connectivity index (χ0) is 11.1. The zero-order valence-corrected chi connectivity index (χ0v) is 11.6. The fourth-order valence-corrected chi connectivity index (χ4v) is 4.23. The minimum absolute atomic E-state index is 0.502. The maximum absolute atomic E-state index is 5.23. The third kappa shape index (κ3) is 5.48. The zero-order valence-electron chi connectivity index (χ0n) is 9.99. The second-order valence-corrected chi connectivity index (χ2v) is 6.84. The number of ether oxygens (including phenoxy) is 1. The predicted molar refractivity (Wildman–Crippen MR) is 72.1 cm³/mol. The van der Waals surface area contributed by atoms with Crippen LogP contribution in [-0.4, -0.2) is 48.8 Å². The summed E-state index contributed by atoms with van der Waals surface area (Å²) in [5.41, 5.74) is 0. The molecule has 1 aliphatic rings. The molecule has 1 heterocycles. The lowest BCUT2D eigenvalue weighted by Crippen LogP contribution is -2.42. The third-order valence-corrected chi connectivity index (χ3v) is 5.49. The Labute approximate surface area is 102 Å². The van der Waals surface area contributed by atoms with Crippen LogP contribution in [0.25, 0.3) is 0 Å². The first-order valence-corrected chi connectivity index (χ1v) is 7.86. The summed E-state index contributed by atoms with van der Waals surface area (Å²) in [5.74, 6) is 4.59. The van der Waals surface area contributed by atoms with E-state index in [0.717, 1.165) is 18.4 Å². The second kappa shape index (κ2) is 7.82. The topological polar surface area (TPSA) is 21.3 Å². The summed E-state index contributed by atoms with van der Waals surface area (Å²) < 4.78 is 5.23. The van der Waals surface area contributed by atoms with Crippen LogP contribution in [0, 0.1) is 5.92 Å². The average molecular weight is 249 g/mol. The number of thioether (sulfide) groups is 2. The Morgan fingerprint density at radius 1 is 1.40 bits per heavy atom. The molecule has 0 saturated carbocycles. The molecule has 1 rings (SSSR count). The molecule has 4 heteroatoms. The molecule has 90 valence electrons. The lowest BCUT2D eigenvalue weighted by molar-refractivity contribution is 0.147. The van der Waals surface area contributed by atoms with E-state index in [9.17, 15) is 0 Å². The van der Waals surface area contributed by atoms with Gasteiger partial charge in [0.25, 0.3) is 0 Å². The van der Waals surface area contributed by atoms with Crippen LogP contribution in [-0.2, 0) is 4.74 Å². The van der Waals surface area contributed by atoms with Crippen molar-refractivity contribution in [1.82, 2.24) is 5.32 Å². The molecule has 0 spiro atoms. The minimum atomic E-state index is 0.502. The molecule has 0 amide bonds. The van der Waals surface area contributed by atoms with Gasteiger partial charge in [0.1, 0.15) is 0 Å². The molecule has 0 aromatic rings. The first-order valence-electron chi connectivity index (χ1n) is 5.65. The highest BCUT2D eigenvalue weighted by Gasteiger charge is 2.17. The quantitative estimate of drug-likeness (QED) is 0.778. The average Bonchev–Trinajstić information content (AvgIpc) is 2.25. The molecule has 0 aliphatic carbocycles. The van der Waals surface area contributed by atoms with Crippen molar-refractivity contribution in [3.05, 3.63) is 0 Å². The van der Waals surface area contributed by atoms with Gasteiger partial charge in [0.15, 0.2) is 0 Å². The predicted octanol–water partition coefficient (Wildman–Crippen LogP) is 2.10. The molecule has 1 aliphatic heterocycles. The number of rotatable bonds is 6. The van der Waals surface area contributed by atoms with Crippen molar-refractivity contribution in [2.24, 2.45) is 5.92 Å². The van der Waals surface area contributed by atoms with E-state index in [2.05, 4.69) is 42.7 Å². The molecule has 0 aromatic heterocycles. The highest BCUT2D eigenvalue weighted by atomic mass is 32.2. The summed E-state index contributed by atoms with van der Waals surface area (Å²) in [6.07, 6.45) is 0. The van der Waals surface area contributed by atoms with Gasteiger partial charge in [0.05, 0.1) is 6.61 Å². The van der Waals surface area contributed by atoms with Crippen LogP contribution in [0.2, 0.25) is 0 Å². The molecule has 2 nitrogen and oxygen atoms in total. The lowest BCUT2D eigenvalue weighted by atomic mass is 10.1. The summed E-state index contributed by atoms with van der Waals surface area (Å²) in [6.45, 7) is 6.45. The maximum Gasteiger partial charge on any atom is 0.0618 e. The molecular weight excluding hydrogens is 226 g/mol. The Hall–Kier alpha value is 0.620. The van der Waals surface area contributed by atoms with Gasteiger partial charge in [0, 0.05) is 42.2 Å². The van der Waals surface area contributed by atoms with E-state index in [0.29, 0.717) is 12.0 Å². The van der Waals surface area contributed by atoms with Crippen LogP contribution in [0.15, 0.2) is 0 Å². The Morgan fingerprint density at radius 2 is 2.20 bits per heavy atom. The Kier molecular flexibility index (Phi) is 7.14. The molecule has 15 heavy (non-hydrogen) atoms. The van der Waals surface area contributed by atoms with Crippen LogP contribution >= 0.6 is 23.5 Å². The highest BCUT2D eigenvalue weighted by Crippen LogP contribution is 2.23. The molecule has 0 bridgehead atoms. The lowest BCUT2D eigenvalue weighted by Gasteiger charge is -2.26. The Balaban J connectivity index is 2.19. The number of hydrogen-bond acceptors (Lipinski definition) is 4. The summed E-state index contributed by atoms with van der Waals surface area (Å²) in [7, 11) is 1.78. The molecule has 0 radical (unpaired) electrons. The van der Waals surface area contributed by atoms with Gasteiger partial charge in [0.2, 0.25) is 0 Å². The van der Waals surface area contributed by atoms with Gasteiger partial charge < -0.3 is 10.1 Å². The molecule has 2 unspecified atom stereocenters. The Morgan fingerprint density at radius 3 is 2.73 bits per heavy atom. The number of hydrogen-bond donors (Lipinski definition) is 1. The highest BCUT2D eigenvalue weighted by molar-refractivity contribution is 8.06. The fraction of sp³-hybridized carbons (Fsp3) is 1.00. The van der Waals surface area contributed by atoms with Crippen molar-refractivity contribution in [2.45, 2.75) is 25.1 Å². The third-order valence-electron chi connectivity index (χ3n) is 2.64. The van der Waals surface area contributed by atoms with Gasteiger partial charge in [-0.2, -0.15) is 23.5 Å². The minimum Gasteiger partial charge on any atom is -0.383 e. The fourth-order valence-electron chi connectivity index (χ4n) is 1.60. The number of nitrogens with one attached hydrogen (secondary N) is 1. The SMILES string of the molecule is COCC(NCC1CSCCS1)C(C)C. The smallest absolute Gasteiger partial charge is 0.0618 e. The molecule has 2 atom stereocenters. The molecular formula is C11H23NOS2.